The van der Waals surface area contributed by atoms with Gasteiger partial charge in [-0.25, -0.2) is 13.2 Å². The van der Waals surface area contributed by atoms with Crippen LogP contribution in [0.15, 0.2) is 42.9 Å². The number of amides is 1. The molecule has 1 amide bonds. The molecule has 168 valence electrons. The number of aromatic nitrogens is 2. The number of H-pyrrole nitrogens is 1. The standard InChI is InChI=1S/C21H22N4O6S/c26-20(17-10-18(31-24-17)11-1-2-11)22-12-7-13-3-4-14(8-12)25(13)32(28,29)15-5-6-16-19(9-15)30-21(27)23-16/h5-6,9-14H,1-4,7-8H2,(H,22,26)(H,23,27)/t12-,13-,14+. The topological polar surface area (TPSA) is 139 Å². The van der Waals surface area contributed by atoms with Gasteiger partial charge in [0.2, 0.25) is 10.0 Å². The Morgan fingerprint density at radius 3 is 2.59 bits per heavy atom. The first-order valence-electron chi connectivity index (χ1n) is 10.8. The molecule has 1 aromatic carbocycles. The van der Waals surface area contributed by atoms with Gasteiger partial charge in [0.1, 0.15) is 5.76 Å². The number of aromatic amines is 1. The number of hydrogen-bond donors (Lipinski definition) is 2. The fourth-order valence-corrected chi connectivity index (χ4v) is 6.98. The second-order valence-corrected chi connectivity index (χ2v) is 10.8. The molecule has 32 heavy (non-hydrogen) atoms. The minimum absolute atomic E-state index is 0.0994. The number of nitrogens with one attached hydrogen (secondary N) is 2. The molecule has 3 fully saturated rings. The van der Waals surface area contributed by atoms with E-state index in [0.29, 0.717) is 24.3 Å². The number of fused-ring (bicyclic) bond motifs is 3. The first kappa shape index (κ1) is 19.7. The van der Waals surface area contributed by atoms with E-state index >= 15 is 0 Å². The van der Waals surface area contributed by atoms with Gasteiger partial charge in [0.25, 0.3) is 5.91 Å². The van der Waals surface area contributed by atoms with Gasteiger partial charge in [-0.05, 0) is 50.7 Å². The molecule has 10 nitrogen and oxygen atoms in total. The van der Waals surface area contributed by atoms with Crippen LogP contribution in [-0.4, -0.2) is 46.9 Å². The summed E-state index contributed by atoms with van der Waals surface area (Å²) >= 11 is 0. The van der Waals surface area contributed by atoms with Crippen molar-refractivity contribution in [2.45, 2.75) is 67.5 Å². The molecule has 0 unspecified atom stereocenters. The molecule has 2 N–H and O–H groups in total. The molecule has 3 atom stereocenters. The molecule has 3 aliphatic rings. The highest BCUT2D eigenvalue weighted by atomic mass is 32.2. The van der Waals surface area contributed by atoms with Crippen LogP contribution in [0, 0.1) is 0 Å². The Hall–Kier alpha value is -2.92. The fourth-order valence-electron chi connectivity index (χ4n) is 5.07. The lowest BCUT2D eigenvalue weighted by atomic mass is 9.99. The van der Waals surface area contributed by atoms with Gasteiger partial charge >= 0.3 is 5.76 Å². The van der Waals surface area contributed by atoms with Crippen LogP contribution in [0.25, 0.3) is 11.1 Å². The van der Waals surface area contributed by atoms with Crippen LogP contribution < -0.4 is 11.1 Å². The van der Waals surface area contributed by atoms with Gasteiger partial charge in [0.15, 0.2) is 11.3 Å². The molecule has 2 aliphatic heterocycles. The number of rotatable bonds is 5. The first-order chi connectivity index (χ1) is 15.4. The summed E-state index contributed by atoms with van der Waals surface area (Å²) in [6, 6.07) is 5.59. The van der Waals surface area contributed by atoms with Gasteiger partial charge in [0, 0.05) is 36.2 Å². The lowest BCUT2D eigenvalue weighted by Crippen LogP contribution is -2.52. The third-order valence-corrected chi connectivity index (χ3v) is 8.71. The molecule has 1 saturated carbocycles. The predicted octanol–water partition coefficient (Wildman–Crippen LogP) is 2.10. The summed E-state index contributed by atoms with van der Waals surface area (Å²) in [7, 11) is -3.77. The number of carbonyl (C=O) groups is 1. The number of nitrogens with zero attached hydrogens (tertiary/aromatic N) is 2. The van der Waals surface area contributed by atoms with Crippen LogP contribution >= 0.6 is 0 Å². The maximum atomic E-state index is 13.4. The molecule has 2 bridgehead atoms. The zero-order chi connectivity index (χ0) is 22.0. The molecular formula is C21H22N4O6S. The van der Waals surface area contributed by atoms with Gasteiger partial charge in [-0.15, -0.1) is 0 Å². The Morgan fingerprint density at radius 1 is 1.12 bits per heavy atom. The van der Waals surface area contributed by atoms with Gasteiger partial charge in [-0.2, -0.15) is 4.31 Å². The average Bonchev–Trinajstić information content (AvgIpc) is 3.23. The van der Waals surface area contributed by atoms with Crippen molar-refractivity contribution in [3.8, 4) is 0 Å². The van der Waals surface area contributed by atoms with Crippen molar-refractivity contribution < 1.29 is 22.2 Å². The van der Waals surface area contributed by atoms with Gasteiger partial charge in [-0.3, -0.25) is 9.78 Å². The van der Waals surface area contributed by atoms with E-state index in [1.807, 2.05) is 0 Å². The van der Waals surface area contributed by atoms with Crippen LogP contribution in [0.5, 0.6) is 0 Å². The van der Waals surface area contributed by atoms with Crippen LogP contribution in [0.2, 0.25) is 0 Å². The van der Waals surface area contributed by atoms with Gasteiger partial charge < -0.3 is 14.3 Å². The van der Waals surface area contributed by atoms with E-state index in [2.05, 4.69) is 15.5 Å². The van der Waals surface area contributed by atoms with E-state index in [9.17, 15) is 18.0 Å². The van der Waals surface area contributed by atoms with E-state index in [-0.39, 0.29) is 40.2 Å². The quantitative estimate of drug-likeness (QED) is 0.597. The summed E-state index contributed by atoms with van der Waals surface area (Å²) in [5.41, 5.74) is 0.940. The molecule has 2 aromatic heterocycles. The van der Waals surface area contributed by atoms with Crippen LogP contribution in [-0.2, 0) is 10.0 Å². The van der Waals surface area contributed by atoms with Gasteiger partial charge in [0.05, 0.1) is 10.4 Å². The first-order valence-corrected chi connectivity index (χ1v) is 12.3. The molecule has 11 heteroatoms. The Balaban J connectivity index is 1.19. The number of oxazole rings is 1. The molecule has 6 rings (SSSR count). The second kappa shape index (κ2) is 7.04. The maximum absolute atomic E-state index is 13.4. The van der Waals surface area contributed by atoms with Crippen molar-refractivity contribution in [2.75, 3.05) is 0 Å². The summed E-state index contributed by atoms with van der Waals surface area (Å²) in [6.07, 6.45) is 4.69. The van der Waals surface area contributed by atoms with Crippen LogP contribution in [0.1, 0.15) is 60.7 Å². The smallest absolute Gasteiger partial charge is 0.408 e. The van der Waals surface area contributed by atoms with Crippen molar-refractivity contribution in [3.63, 3.8) is 0 Å². The monoisotopic (exact) mass is 458 g/mol. The van der Waals surface area contributed by atoms with Gasteiger partial charge in [-0.1, -0.05) is 5.16 Å². The maximum Gasteiger partial charge on any atom is 0.417 e. The highest BCUT2D eigenvalue weighted by molar-refractivity contribution is 7.89. The molecule has 0 radical (unpaired) electrons. The largest absolute Gasteiger partial charge is 0.417 e. The lowest BCUT2D eigenvalue weighted by Gasteiger charge is -2.38. The SMILES string of the molecule is O=C(N[C@@H]1C[C@H]2CC[C@@H](C1)N2S(=O)(=O)c1ccc2[nH]c(=O)oc2c1)c1cc(C2CC2)on1. The van der Waals surface area contributed by atoms with Crippen LogP contribution in [0.3, 0.4) is 0 Å². The second-order valence-electron chi connectivity index (χ2n) is 8.92. The van der Waals surface area contributed by atoms with E-state index < -0.39 is 15.8 Å². The number of benzene rings is 1. The van der Waals surface area contributed by atoms with E-state index in [0.717, 1.165) is 31.4 Å². The van der Waals surface area contributed by atoms with Crippen molar-refractivity contribution in [2.24, 2.45) is 0 Å². The molecule has 0 spiro atoms. The summed E-state index contributed by atoms with van der Waals surface area (Å²) in [4.78, 5) is 26.6. The van der Waals surface area contributed by atoms with Crippen molar-refractivity contribution in [3.05, 3.63) is 46.3 Å². The minimum Gasteiger partial charge on any atom is -0.408 e. The van der Waals surface area contributed by atoms with E-state index in [1.54, 1.807) is 10.4 Å². The summed E-state index contributed by atoms with van der Waals surface area (Å²) in [5, 5.41) is 6.90. The third-order valence-electron chi connectivity index (χ3n) is 6.71. The zero-order valence-corrected chi connectivity index (χ0v) is 17.9. The van der Waals surface area contributed by atoms with Crippen molar-refractivity contribution >= 4 is 27.0 Å². The number of carbonyl (C=O) groups excluding carboxylic acids is 1. The normalized spacial score (nSPS) is 25.9. The Kier molecular flexibility index (Phi) is 4.34. The van der Waals surface area contributed by atoms with E-state index in [4.69, 9.17) is 8.94 Å². The molecule has 1 aliphatic carbocycles. The van der Waals surface area contributed by atoms with Crippen molar-refractivity contribution in [1.82, 2.24) is 19.8 Å². The van der Waals surface area contributed by atoms with Crippen molar-refractivity contribution in [1.29, 1.82) is 0 Å². The number of sulfonamides is 1. The summed E-state index contributed by atoms with van der Waals surface area (Å²) < 4.78 is 38.7. The molecule has 4 heterocycles. The average molecular weight is 458 g/mol. The fraction of sp³-hybridized carbons (Fsp3) is 0.476. The summed E-state index contributed by atoms with van der Waals surface area (Å²) in [6.45, 7) is 0. The highest BCUT2D eigenvalue weighted by Crippen LogP contribution is 2.41. The molecule has 3 aromatic rings. The zero-order valence-electron chi connectivity index (χ0n) is 17.1. The number of hydrogen-bond acceptors (Lipinski definition) is 7. The Morgan fingerprint density at radius 2 is 1.88 bits per heavy atom. The molecular weight excluding hydrogens is 436 g/mol. The predicted molar refractivity (Wildman–Crippen MR) is 112 cm³/mol. The summed E-state index contributed by atoms with van der Waals surface area (Å²) in [5.74, 6) is 0.232. The Labute approximate surface area is 183 Å². The highest BCUT2D eigenvalue weighted by Gasteiger charge is 2.47. The Bertz CT molecular complexity index is 1350. The van der Waals surface area contributed by atoms with Crippen LogP contribution in [0.4, 0.5) is 0 Å². The molecule has 2 saturated heterocycles. The van der Waals surface area contributed by atoms with E-state index in [1.165, 1.54) is 18.2 Å². The number of piperidine rings is 1. The minimum atomic E-state index is -3.77. The third kappa shape index (κ3) is 3.27. The lowest BCUT2D eigenvalue weighted by molar-refractivity contribution is 0.0900.